The number of benzene rings is 1. The highest BCUT2D eigenvalue weighted by Gasteiger charge is 2.15. The Balaban J connectivity index is 1.52. The molecular formula is C23H21ClN4O. The van der Waals surface area contributed by atoms with Gasteiger partial charge < -0.3 is 9.30 Å². The lowest BCUT2D eigenvalue weighted by Crippen LogP contribution is -2.35. The molecule has 1 saturated heterocycles. The van der Waals surface area contributed by atoms with Crippen LogP contribution >= 0.6 is 11.6 Å². The highest BCUT2D eigenvalue weighted by molar-refractivity contribution is 6.30. The second-order valence-electron chi connectivity index (χ2n) is 7.18. The number of hydrogen-bond acceptors (Lipinski definition) is 4. The van der Waals surface area contributed by atoms with Crippen LogP contribution in [-0.2, 0) is 11.3 Å². The van der Waals surface area contributed by atoms with Gasteiger partial charge in [-0.3, -0.25) is 14.9 Å². The molecule has 1 aliphatic heterocycles. The van der Waals surface area contributed by atoms with Crippen LogP contribution in [0.25, 0.3) is 28.0 Å². The first-order valence-electron chi connectivity index (χ1n) is 9.76. The van der Waals surface area contributed by atoms with Gasteiger partial charge in [0.05, 0.1) is 35.6 Å². The number of ether oxygens (including phenoxy) is 1. The molecule has 5 nitrogen and oxygen atoms in total. The molecule has 3 aromatic heterocycles. The van der Waals surface area contributed by atoms with Gasteiger partial charge in [0.1, 0.15) is 0 Å². The van der Waals surface area contributed by atoms with Gasteiger partial charge in [-0.25, -0.2) is 0 Å². The Morgan fingerprint density at radius 3 is 2.55 bits per heavy atom. The van der Waals surface area contributed by atoms with Gasteiger partial charge >= 0.3 is 0 Å². The lowest BCUT2D eigenvalue weighted by molar-refractivity contribution is 0.0336. The Kier molecular flexibility index (Phi) is 5.02. The lowest BCUT2D eigenvalue weighted by Gasteiger charge is -2.26. The van der Waals surface area contributed by atoms with Gasteiger partial charge in [0.25, 0.3) is 0 Å². The summed E-state index contributed by atoms with van der Waals surface area (Å²) >= 11 is 6.10. The average Bonchev–Trinajstić information content (AvgIpc) is 3.15. The van der Waals surface area contributed by atoms with Crippen molar-refractivity contribution in [3.8, 4) is 16.9 Å². The summed E-state index contributed by atoms with van der Waals surface area (Å²) in [5, 5.41) is 0.721. The van der Waals surface area contributed by atoms with Crippen molar-refractivity contribution < 1.29 is 4.74 Å². The van der Waals surface area contributed by atoms with Crippen molar-refractivity contribution in [3.05, 3.63) is 77.7 Å². The van der Waals surface area contributed by atoms with Crippen LogP contribution < -0.4 is 0 Å². The van der Waals surface area contributed by atoms with E-state index >= 15 is 0 Å². The summed E-state index contributed by atoms with van der Waals surface area (Å²) in [5.74, 6) is 0. The first kappa shape index (κ1) is 18.3. The fourth-order valence-electron chi connectivity index (χ4n) is 3.77. The van der Waals surface area contributed by atoms with Crippen molar-refractivity contribution in [2.45, 2.75) is 6.54 Å². The Morgan fingerprint density at radius 1 is 0.966 bits per heavy atom. The fourth-order valence-corrected chi connectivity index (χ4v) is 3.90. The quantitative estimate of drug-likeness (QED) is 0.499. The van der Waals surface area contributed by atoms with Crippen LogP contribution in [0.4, 0.5) is 0 Å². The molecule has 6 heteroatoms. The van der Waals surface area contributed by atoms with Crippen LogP contribution in [0.2, 0.25) is 5.02 Å². The number of pyridine rings is 2. The van der Waals surface area contributed by atoms with Gasteiger partial charge in [-0.1, -0.05) is 11.6 Å². The molecule has 0 unspecified atom stereocenters. The lowest BCUT2D eigenvalue weighted by atomic mass is 10.2. The first-order chi connectivity index (χ1) is 14.3. The molecule has 4 aromatic rings. The normalized spacial score (nSPS) is 15.1. The molecule has 0 aliphatic carbocycles. The zero-order chi connectivity index (χ0) is 19.6. The number of fused-ring (bicyclic) bond motifs is 1. The third kappa shape index (κ3) is 3.77. The molecule has 1 aromatic carbocycles. The molecule has 1 fully saturated rings. The molecule has 146 valence electrons. The van der Waals surface area contributed by atoms with Crippen LogP contribution in [0, 0.1) is 0 Å². The maximum absolute atomic E-state index is 6.10. The highest BCUT2D eigenvalue weighted by atomic mass is 35.5. The van der Waals surface area contributed by atoms with E-state index in [1.165, 1.54) is 0 Å². The molecule has 0 atom stereocenters. The second kappa shape index (κ2) is 7.95. The Bertz CT molecular complexity index is 1120. The zero-order valence-corrected chi connectivity index (χ0v) is 16.7. The molecule has 1 aliphatic rings. The van der Waals surface area contributed by atoms with Crippen molar-refractivity contribution in [2.24, 2.45) is 0 Å². The van der Waals surface area contributed by atoms with Gasteiger partial charge in [0.15, 0.2) is 0 Å². The van der Waals surface area contributed by atoms with Gasteiger partial charge in [-0.2, -0.15) is 0 Å². The molecule has 0 radical (unpaired) electrons. The molecule has 29 heavy (non-hydrogen) atoms. The van der Waals surface area contributed by atoms with Crippen LogP contribution in [0.15, 0.2) is 67.0 Å². The van der Waals surface area contributed by atoms with E-state index in [-0.39, 0.29) is 0 Å². The van der Waals surface area contributed by atoms with E-state index in [2.05, 4.69) is 38.7 Å². The Morgan fingerprint density at radius 2 is 1.79 bits per heavy atom. The van der Waals surface area contributed by atoms with Gasteiger partial charge in [0.2, 0.25) is 0 Å². The largest absolute Gasteiger partial charge is 0.379 e. The summed E-state index contributed by atoms with van der Waals surface area (Å²) in [4.78, 5) is 11.6. The number of aromatic nitrogens is 3. The summed E-state index contributed by atoms with van der Waals surface area (Å²) in [6.45, 7) is 4.36. The standard InChI is InChI=1S/C23H21ClN4O/c24-18-4-7-20(8-5-18)28-22-2-1-9-25-21(22)14-23(28)17-3-6-19(26-15-17)16-27-10-12-29-13-11-27/h1-9,14-15H,10-13,16H2. The van der Waals surface area contributed by atoms with Crippen LogP contribution in [0.1, 0.15) is 5.69 Å². The van der Waals surface area contributed by atoms with Crippen molar-refractivity contribution in [1.29, 1.82) is 0 Å². The predicted octanol–water partition coefficient (Wildman–Crippen LogP) is 4.57. The van der Waals surface area contributed by atoms with Crippen molar-refractivity contribution in [3.63, 3.8) is 0 Å². The molecule has 0 amide bonds. The summed E-state index contributed by atoms with van der Waals surface area (Å²) in [6, 6.07) is 18.3. The van der Waals surface area contributed by atoms with E-state index in [9.17, 15) is 0 Å². The van der Waals surface area contributed by atoms with Crippen LogP contribution in [0.3, 0.4) is 0 Å². The molecule has 5 rings (SSSR count). The van der Waals surface area contributed by atoms with Crippen LogP contribution in [-0.4, -0.2) is 45.7 Å². The smallest absolute Gasteiger partial charge is 0.0891 e. The summed E-state index contributed by atoms with van der Waals surface area (Å²) in [5.41, 5.74) is 6.25. The number of morpholine rings is 1. The van der Waals surface area contributed by atoms with Crippen LogP contribution in [0.5, 0.6) is 0 Å². The SMILES string of the molecule is Clc1ccc(-n2c(-c3ccc(CN4CCOCC4)nc3)cc3ncccc32)cc1. The monoisotopic (exact) mass is 404 g/mol. The third-order valence-electron chi connectivity index (χ3n) is 5.27. The number of nitrogens with zero attached hydrogens (tertiary/aromatic N) is 4. The number of hydrogen-bond donors (Lipinski definition) is 0. The van der Waals surface area contributed by atoms with Gasteiger partial charge in [-0.15, -0.1) is 0 Å². The first-order valence-corrected chi connectivity index (χ1v) is 10.1. The minimum atomic E-state index is 0.721. The second-order valence-corrected chi connectivity index (χ2v) is 7.61. The minimum Gasteiger partial charge on any atom is -0.379 e. The van der Waals surface area contributed by atoms with Crippen molar-refractivity contribution in [1.82, 2.24) is 19.4 Å². The summed E-state index contributed by atoms with van der Waals surface area (Å²) < 4.78 is 7.63. The maximum atomic E-state index is 6.10. The van der Waals surface area contributed by atoms with E-state index in [1.54, 1.807) is 0 Å². The van der Waals surface area contributed by atoms with Gasteiger partial charge in [0, 0.05) is 48.3 Å². The average molecular weight is 405 g/mol. The predicted molar refractivity (Wildman–Crippen MR) is 115 cm³/mol. The minimum absolute atomic E-state index is 0.721. The zero-order valence-electron chi connectivity index (χ0n) is 16.0. The molecule has 0 spiro atoms. The van der Waals surface area contributed by atoms with Crippen molar-refractivity contribution >= 4 is 22.6 Å². The molecule has 0 N–H and O–H groups in total. The van der Waals surface area contributed by atoms with Crippen molar-refractivity contribution in [2.75, 3.05) is 26.3 Å². The number of rotatable bonds is 4. The summed E-state index contributed by atoms with van der Waals surface area (Å²) in [7, 11) is 0. The topological polar surface area (TPSA) is 43.2 Å². The molecule has 4 heterocycles. The maximum Gasteiger partial charge on any atom is 0.0891 e. The third-order valence-corrected chi connectivity index (χ3v) is 5.52. The number of halogens is 1. The van der Waals surface area contributed by atoms with E-state index in [4.69, 9.17) is 21.3 Å². The Labute approximate surface area is 174 Å². The molecule has 0 bridgehead atoms. The molecule has 0 saturated carbocycles. The van der Waals surface area contributed by atoms with E-state index in [0.29, 0.717) is 0 Å². The highest BCUT2D eigenvalue weighted by Crippen LogP contribution is 2.31. The van der Waals surface area contributed by atoms with Gasteiger partial charge in [-0.05, 0) is 54.6 Å². The summed E-state index contributed by atoms with van der Waals surface area (Å²) in [6.07, 6.45) is 3.78. The molecular weight excluding hydrogens is 384 g/mol. The van der Waals surface area contributed by atoms with E-state index in [0.717, 1.165) is 71.5 Å². The fraction of sp³-hybridized carbons (Fsp3) is 0.217. The van der Waals surface area contributed by atoms with E-state index in [1.807, 2.05) is 42.7 Å². The van der Waals surface area contributed by atoms with E-state index < -0.39 is 0 Å². The Hall–Kier alpha value is -2.73.